The summed E-state index contributed by atoms with van der Waals surface area (Å²) in [6.07, 6.45) is 0. The molecule has 1 atom stereocenters. The highest BCUT2D eigenvalue weighted by Gasteiger charge is 2.15. The zero-order chi connectivity index (χ0) is 14.9. The number of aryl methyl sites for hydroxylation is 2. The SMILES string of the molecule is CNC(C)c1ccc(F)cc1-c1cc(C)c(C)cc1Cl. The van der Waals surface area contributed by atoms with Gasteiger partial charge in [0.15, 0.2) is 0 Å². The molecule has 1 N–H and O–H groups in total. The summed E-state index contributed by atoms with van der Waals surface area (Å²) in [5, 5.41) is 3.85. The van der Waals surface area contributed by atoms with E-state index in [-0.39, 0.29) is 11.9 Å². The molecule has 0 aliphatic carbocycles. The van der Waals surface area contributed by atoms with Gasteiger partial charge in [0.1, 0.15) is 5.82 Å². The maximum absolute atomic E-state index is 13.6. The molecule has 0 aliphatic rings. The largest absolute Gasteiger partial charge is 0.313 e. The van der Waals surface area contributed by atoms with Crippen molar-refractivity contribution >= 4 is 11.6 Å². The van der Waals surface area contributed by atoms with Crippen LogP contribution >= 0.6 is 11.6 Å². The highest BCUT2D eigenvalue weighted by molar-refractivity contribution is 6.33. The fourth-order valence-electron chi connectivity index (χ4n) is 2.28. The lowest BCUT2D eigenvalue weighted by Gasteiger charge is -2.18. The average molecular weight is 292 g/mol. The first-order valence-electron chi connectivity index (χ1n) is 6.68. The highest BCUT2D eigenvalue weighted by Crippen LogP contribution is 2.35. The van der Waals surface area contributed by atoms with E-state index in [1.165, 1.54) is 6.07 Å². The van der Waals surface area contributed by atoms with Gasteiger partial charge >= 0.3 is 0 Å². The lowest BCUT2D eigenvalue weighted by atomic mass is 9.93. The summed E-state index contributed by atoms with van der Waals surface area (Å²) in [6, 6.07) is 8.95. The second kappa shape index (κ2) is 5.94. The lowest BCUT2D eigenvalue weighted by Crippen LogP contribution is -2.13. The molecule has 2 aromatic rings. The van der Waals surface area contributed by atoms with Gasteiger partial charge in [-0.05, 0) is 74.3 Å². The minimum Gasteiger partial charge on any atom is -0.313 e. The Kier molecular flexibility index (Phi) is 4.46. The molecule has 0 heterocycles. The molecule has 0 spiro atoms. The third kappa shape index (κ3) is 2.87. The van der Waals surface area contributed by atoms with Crippen LogP contribution in [0.25, 0.3) is 11.1 Å². The Balaban J connectivity index is 2.68. The van der Waals surface area contributed by atoms with Crippen LogP contribution in [-0.2, 0) is 0 Å². The Bertz CT molecular complexity index is 637. The smallest absolute Gasteiger partial charge is 0.123 e. The van der Waals surface area contributed by atoms with Crippen LogP contribution in [0.15, 0.2) is 30.3 Å². The van der Waals surface area contributed by atoms with Gasteiger partial charge in [0, 0.05) is 16.6 Å². The zero-order valence-corrected chi connectivity index (χ0v) is 13.0. The van der Waals surface area contributed by atoms with Gasteiger partial charge < -0.3 is 5.32 Å². The van der Waals surface area contributed by atoms with E-state index in [4.69, 9.17) is 11.6 Å². The van der Waals surface area contributed by atoms with Crippen molar-refractivity contribution in [3.63, 3.8) is 0 Å². The van der Waals surface area contributed by atoms with E-state index >= 15 is 0 Å². The molecule has 1 nitrogen and oxygen atoms in total. The molecule has 106 valence electrons. The van der Waals surface area contributed by atoms with Gasteiger partial charge in [0.25, 0.3) is 0 Å². The third-order valence-corrected chi connectivity index (χ3v) is 4.10. The molecular formula is C17H19ClFN. The third-order valence-electron chi connectivity index (χ3n) is 3.79. The monoisotopic (exact) mass is 291 g/mol. The average Bonchev–Trinajstić information content (AvgIpc) is 2.42. The molecule has 0 amide bonds. The minimum absolute atomic E-state index is 0.128. The summed E-state index contributed by atoms with van der Waals surface area (Å²) in [4.78, 5) is 0. The number of halogens is 2. The molecule has 0 fully saturated rings. The van der Waals surface area contributed by atoms with Gasteiger partial charge in [-0.2, -0.15) is 0 Å². The van der Waals surface area contributed by atoms with Crippen molar-refractivity contribution in [1.82, 2.24) is 5.32 Å². The molecule has 0 saturated heterocycles. The normalized spacial score (nSPS) is 12.5. The quantitative estimate of drug-likeness (QED) is 0.835. The maximum atomic E-state index is 13.6. The van der Waals surface area contributed by atoms with Crippen molar-refractivity contribution < 1.29 is 4.39 Å². The summed E-state index contributed by atoms with van der Waals surface area (Å²) in [5.74, 6) is -0.249. The molecule has 3 heteroatoms. The summed E-state index contributed by atoms with van der Waals surface area (Å²) in [5.41, 5.74) is 5.06. The minimum atomic E-state index is -0.249. The van der Waals surface area contributed by atoms with Crippen molar-refractivity contribution in [1.29, 1.82) is 0 Å². The van der Waals surface area contributed by atoms with E-state index in [1.807, 2.05) is 46.0 Å². The van der Waals surface area contributed by atoms with Gasteiger partial charge in [0.05, 0.1) is 0 Å². The van der Waals surface area contributed by atoms with Crippen LogP contribution in [0.1, 0.15) is 29.7 Å². The van der Waals surface area contributed by atoms with Crippen LogP contribution in [-0.4, -0.2) is 7.05 Å². The van der Waals surface area contributed by atoms with E-state index in [0.717, 1.165) is 27.8 Å². The van der Waals surface area contributed by atoms with E-state index in [2.05, 4.69) is 5.32 Å². The second-order valence-electron chi connectivity index (χ2n) is 5.16. The summed E-state index contributed by atoms with van der Waals surface area (Å²) < 4.78 is 13.6. The van der Waals surface area contributed by atoms with Gasteiger partial charge in [-0.15, -0.1) is 0 Å². The zero-order valence-electron chi connectivity index (χ0n) is 12.2. The number of hydrogen-bond donors (Lipinski definition) is 1. The van der Waals surface area contributed by atoms with Crippen LogP contribution in [0.2, 0.25) is 5.02 Å². The van der Waals surface area contributed by atoms with E-state index in [0.29, 0.717) is 5.02 Å². The highest BCUT2D eigenvalue weighted by atomic mass is 35.5. The topological polar surface area (TPSA) is 12.0 Å². The Morgan fingerprint density at radius 2 is 1.70 bits per heavy atom. The molecule has 0 aliphatic heterocycles. The second-order valence-corrected chi connectivity index (χ2v) is 5.57. The van der Waals surface area contributed by atoms with Crippen LogP contribution in [0.4, 0.5) is 4.39 Å². The van der Waals surface area contributed by atoms with Crippen molar-refractivity contribution in [2.24, 2.45) is 0 Å². The molecule has 1 unspecified atom stereocenters. The lowest BCUT2D eigenvalue weighted by molar-refractivity contribution is 0.620. The maximum Gasteiger partial charge on any atom is 0.123 e. The van der Waals surface area contributed by atoms with Crippen LogP contribution in [0, 0.1) is 19.7 Å². The predicted molar refractivity (Wildman–Crippen MR) is 83.8 cm³/mol. The summed E-state index contributed by atoms with van der Waals surface area (Å²) in [6.45, 7) is 6.11. The van der Waals surface area contributed by atoms with E-state index in [9.17, 15) is 4.39 Å². The Labute approximate surface area is 124 Å². The van der Waals surface area contributed by atoms with E-state index < -0.39 is 0 Å². The van der Waals surface area contributed by atoms with Crippen LogP contribution < -0.4 is 5.32 Å². The Morgan fingerprint density at radius 3 is 2.35 bits per heavy atom. The number of benzene rings is 2. The fourth-order valence-corrected chi connectivity index (χ4v) is 2.60. The molecule has 2 rings (SSSR count). The van der Waals surface area contributed by atoms with Gasteiger partial charge in [0.2, 0.25) is 0 Å². The van der Waals surface area contributed by atoms with Crippen molar-refractivity contribution in [3.8, 4) is 11.1 Å². The molecule has 0 bridgehead atoms. The van der Waals surface area contributed by atoms with Crippen LogP contribution in [0.5, 0.6) is 0 Å². The number of rotatable bonds is 3. The van der Waals surface area contributed by atoms with E-state index in [1.54, 1.807) is 6.07 Å². The molecule has 0 aromatic heterocycles. The van der Waals surface area contributed by atoms with Gasteiger partial charge in [-0.25, -0.2) is 4.39 Å². The summed E-state index contributed by atoms with van der Waals surface area (Å²) in [7, 11) is 1.89. The van der Waals surface area contributed by atoms with Crippen molar-refractivity contribution in [2.45, 2.75) is 26.8 Å². The molecule has 20 heavy (non-hydrogen) atoms. The summed E-state index contributed by atoms with van der Waals surface area (Å²) >= 11 is 6.37. The standard InChI is InChI=1S/C17H19ClFN/c1-10-7-16(17(18)8-11(10)2)15-9-13(19)5-6-14(15)12(3)20-4/h5-9,12,20H,1-4H3. The Hall–Kier alpha value is -1.38. The predicted octanol–water partition coefficient (Wildman–Crippen LogP) is 5.04. The number of nitrogens with one attached hydrogen (secondary N) is 1. The molecular weight excluding hydrogens is 273 g/mol. The van der Waals surface area contributed by atoms with Gasteiger partial charge in [-0.1, -0.05) is 17.7 Å². The van der Waals surface area contributed by atoms with Gasteiger partial charge in [-0.3, -0.25) is 0 Å². The molecule has 2 aromatic carbocycles. The first-order valence-corrected chi connectivity index (χ1v) is 7.05. The van der Waals surface area contributed by atoms with Crippen LogP contribution in [0.3, 0.4) is 0 Å². The molecule has 0 radical (unpaired) electrons. The Morgan fingerprint density at radius 1 is 1.05 bits per heavy atom. The van der Waals surface area contributed by atoms with Crippen molar-refractivity contribution in [2.75, 3.05) is 7.05 Å². The first-order chi connectivity index (χ1) is 9.43. The molecule has 0 saturated carbocycles. The fraction of sp³-hybridized carbons (Fsp3) is 0.294. The van der Waals surface area contributed by atoms with Crippen molar-refractivity contribution in [3.05, 3.63) is 57.9 Å². The first kappa shape index (κ1) is 15.0. The number of hydrogen-bond acceptors (Lipinski definition) is 1.